The number of hydrogen-bond acceptors (Lipinski definition) is 3. The Hall–Kier alpha value is -3.15. The minimum Gasteiger partial charge on any atom is -0.497 e. The van der Waals surface area contributed by atoms with Crippen molar-refractivity contribution in [3.63, 3.8) is 0 Å². The lowest BCUT2D eigenvalue weighted by Crippen LogP contribution is -2.20. The van der Waals surface area contributed by atoms with E-state index in [1.165, 1.54) is 18.2 Å². The predicted molar refractivity (Wildman–Crippen MR) is 126 cm³/mol. The summed E-state index contributed by atoms with van der Waals surface area (Å²) in [4.78, 5) is 0. The molecule has 1 fully saturated rings. The van der Waals surface area contributed by atoms with E-state index in [1.807, 2.05) is 19.1 Å². The van der Waals surface area contributed by atoms with Gasteiger partial charge in [0.1, 0.15) is 17.3 Å². The smallest absolute Gasteiger partial charge is 0.201 e. The van der Waals surface area contributed by atoms with Crippen molar-refractivity contribution in [3.05, 3.63) is 77.6 Å². The van der Waals surface area contributed by atoms with Crippen molar-refractivity contribution in [3.8, 4) is 28.4 Å². The zero-order valence-corrected chi connectivity index (χ0v) is 19.5. The molecule has 1 saturated carbocycles. The molecule has 3 nitrogen and oxygen atoms in total. The van der Waals surface area contributed by atoms with Crippen LogP contribution in [0.1, 0.15) is 44.1 Å². The van der Waals surface area contributed by atoms with Crippen LogP contribution in [0.3, 0.4) is 0 Å². The Morgan fingerprint density at radius 3 is 2.15 bits per heavy atom. The molecule has 3 aromatic carbocycles. The van der Waals surface area contributed by atoms with Gasteiger partial charge in [-0.05, 0) is 85.9 Å². The van der Waals surface area contributed by atoms with Gasteiger partial charge in [0, 0.05) is 11.6 Å². The van der Waals surface area contributed by atoms with Crippen molar-refractivity contribution < 1.29 is 27.4 Å². The second-order valence-electron chi connectivity index (χ2n) is 8.61. The highest BCUT2D eigenvalue weighted by molar-refractivity contribution is 5.66. The molecule has 6 heteroatoms. The third-order valence-corrected chi connectivity index (χ3v) is 6.49. The third-order valence-electron chi connectivity index (χ3n) is 6.49. The Balaban J connectivity index is 1.34. The molecule has 0 atom stereocenters. The zero-order chi connectivity index (χ0) is 24.1. The summed E-state index contributed by atoms with van der Waals surface area (Å²) in [6.07, 6.45) is 3.33. The molecule has 4 rings (SSSR count). The van der Waals surface area contributed by atoms with Crippen molar-refractivity contribution in [1.29, 1.82) is 0 Å². The van der Waals surface area contributed by atoms with Gasteiger partial charge in [-0.2, -0.15) is 4.39 Å². The number of ether oxygens (including phenoxy) is 3. The van der Waals surface area contributed by atoms with Crippen LogP contribution in [0.4, 0.5) is 13.2 Å². The molecule has 0 heterocycles. The Morgan fingerprint density at radius 2 is 1.50 bits per heavy atom. The van der Waals surface area contributed by atoms with Gasteiger partial charge in [-0.3, -0.25) is 0 Å². The third kappa shape index (κ3) is 5.32. The van der Waals surface area contributed by atoms with Gasteiger partial charge in [0.15, 0.2) is 11.6 Å². The van der Waals surface area contributed by atoms with E-state index in [0.29, 0.717) is 35.8 Å². The van der Waals surface area contributed by atoms with Gasteiger partial charge in [-0.1, -0.05) is 18.2 Å². The molecule has 180 valence electrons. The van der Waals surface area contributed by atoms with Crippen LogP contribution in [-0.2, 0) is 0 Å². The second-order valence-corrected chi connectivity index (χ2v) is 8.61. The molecule has 0 aliphatic heterocycles. The van der Waals surface area contributed by atoms with Gasteiger partial charge in [0.05, 0.1) is 20.3 Å². The van der Waals surface area contributed by atoms with E-state index in [4.69, 9.17) is 14.2 Å². The van der Waals surface area contributed by atoms with Crippen LogP contribution in [0.25, 0.3) is 11.1 Å². The molecule has 0 amide bonds. The summed E-state index contributed by atoms with van der Waals surface area (Å²) in [5.41, 5.74) is 1.44. The van der Waals surface area contributed by atoms with Crippen molar-refractivity contribution in [2.45, 2.75) is 38.5 Å². The van der Waals surface area contributed by atoms with Crippen molar-refractivity contribution in [1.82, 2.24) is 0 Å². The maximum absolute atomic E-state index is 14.7. The summed E-state index contributed by atoms with van der Waals surface area (Å²) < 4.78 is 60.1. The van der Waals surface area contributed by atoms with E-state index in [9.17, 15) is 13.2 Å². The number of halogens is 3. The summed E-state index contributed by atoms with van der Waals surface area (Å²) in [6, 6.07) is 14.8. The van der Waals surface area contributed by atoms with Gasteiger partial charge >= 0.3 is 0 Å². The van der Waals surface area contributed by atoms with Gasteiger partial charge in [0.25, 0.3) is 0 Å². The average Bonchev–Trinajstić information content (AvgIpc) is 2.86. The number of rotatable bonds is 8. The molecule has 0 radical (unpaired) electrons. The summed E-state index contributed by atoms with van der Waals surface area (Å²) in [5.74, 6) is -0.705. The Bertz CT molecular complexity index is 1110. The fourth-order valence-electron chi connectivity index (χ4n) is 4.58. The molecule has 0 spiro atoms. The molecule has 0 aromatic heterocycles. The summed E-state index contributed by atoms with van der Waals surface area (Å²) in [5, 5.41) is 0. The highest BCUT2D eigenvalue weighted by Gasteiger charge is 2.26. The molecule has 34 heavy (non-hydrogen) atoms. The van der Waals surface area contributed by atoms with Gasteiger partial charge in [0.2, 0.25) is 5.82 Å². The molecular formula is C28H29F3O3. The Labute approximate surface area is 198 Å². The normalized spacial score (nSPS) is 17.9. The molecule has 0 bridgehead atoms. The zero-order valence-electron chi connectivity index (χ0n) is 19.5. The fourth-order valence-corrected chi connectivity index (χ4v) is 4.58. The van der Waals surface area contributed by atoms with Gasteiger partial charge < -0.3 is 14.2 Å². The van der Waals surface area contributed by atoms with E-state index in [2.05, 4.69) is 0 Å². The van der Waals surface area contributed by atoms with Crippen LogP contribution in [0.15, 0.2) is 54.6 Å². The lowest BCUT2D eigenvalue weighted by Gasteiger charge is -2.29. The molecule has 1 aliphatic carbocycles. The number of hydrogen-bond donors (Lipinski definition) is 0. The van der Waals surface area contributed by atoms with E-state index < -0.39 is 11.6 Å². The molecule has 0 unspecified atom stereocenters. The Morgan fingerprint density at radius 1 is 0.794 bits per heavy atom. The SMILES string of the molecule is CCOc1ccc(C2CCC(COc3ccc(-c4ccc(OC)cc4)c(F)c3F)CC2)c(F)c1. The number of benzene rings is 3. The van der Waals surface area contributed by atoms with Crippen LogP contribution in [-0.4, -0.2) is 20.3 Å². The first kappa shape index (κ1) is 24.0. The first-order valence-corrected chi connectivity index (χ1v) is 11.7. The fraction of sp³-hybridized carbons (Fsp3) is 0.357. The highest BCUT2D eigenvalue weighted by atomic mass is 19.2. The average molecular weight is 471 g/mol. The monoisotopic (exact) mass is 470 g/mol. The molecule has 0 saturated heterocycles. The van der Waals surface area contributed by atoms with Crippen molar-refractivity contribution in [2.75, 3.05) is 20.3 Å². The predicted octanol–water partition coefficient (Wildman–Crippen LogP) is 7.53. The van der Waals surface area contributed by atoms with Gasteiger partial charge in [-0.15, -0.1) is 0 Å². The van der Waals surface area contributed by atoms with Crippen molar-refractivity contribution in [2.24, 2.45) is 5.92 Å². The molecule has 3 aromatic rings. The summed E-state index contributed by atoms with van der Waals surface area (Å²) >= 11 is 0. The minimum atomic E-state index is -0.988. The van der Waals surface area contributed by atoms with E-state index in [0.717, 1.165) is 25.7 Å². The first-order valence-electron chi connectivity index (χ1n) is 11.7. The van der Waals surface area contributed by atoms with Crippen LogP contribution in [0.2, 0.25) is 0 Å². The molecule has 0 N–H and O–H groups in total. The topological polar surface area (TPSA) is 27.7 Å². The standard InChI is InChI=1S/C28H29F3O3/c1-3-33-22-12-13-23(25(29)16-22)19-6-4-18(5-7-19)17-34-26-15-14-24(27(30)28(26)31)20-8-10-21(32-2)11-9-20/h8-16,18-19H,3-7,17H2,1-2H3. The molecule has 1 aliphatic rings. The van der Waals surface area contributed by atoms with E-state index in [1.54, 1.807) is 31.4 Å². The lowest BCUT2D eigenvalue weighted by atomic mass is 9.79. The van der Waals surface area contributed by atoms with Crippen LogP contribution in [0, 0.1) is 23.4 Å². The van der Waals surface area contributed by atoms with Crippen LogP contribution >= 0.6 is 0 Å². The summed E-state index contributed by atoms with van der Waals surface area (Å²) in [6.45, 7) is 2.67. The van der Waals surface area contributed by atoms with E-state index >= 15 is 0 Å². The summed E-state index contributed by atoms with van der Waals surface area (Å²) in [7, 11) is 1.55. The first-order chi connectivity index (χ1) is 16.5. The lowest BCUT2D eigenvalue weighted by molar-refractivity contribution is 0.192. The second kappa shape index (κ2) is 10.9. The van der Waals surface area contributed by atoms with Crippen LogP contribution in [0.5, 0.6) is 17.2 Å². The minimum absolute atomic E-state index is 0.0885. The van der Waals surface area contributed by atoms with Gasteiger partial charge in [-0.25, -0.2) is 8.78 Å². The van der Waals surface area contributed by atoms with Crippen molar-refractivity contribution >= 4 is 0 Å². The highest BCUT2D eigenvalue weighted by Crippen LogP contribution is 2.38. The number of methoxy groups -OCH3 is 1. The van der Waals surface area contributed by atoms with E-state index in [-0.39, 0.29) is 29.0 Å². The maximum atomic E-state index is 14.7. The largest absolute Gasteiger partial charge is 0.497 e. The maximum Gasteiger partial charge on any atom is 0.201 e. The molecular weight excluding hydrogens is 441 g/mol. The Kier molecular flexibility index (Phi) is 7.66. The quantitative estimate of drug-likeness (QED) is 0.341. The van der Waals surface area contributed by atoms with Crippen LogP contribution < -0.4 is 14.2 Å².